The number of amides is 1. The van der Waals surface area contributed by atoms with Gasteiger partial charge < -0.3 is 15.2 Å². The topological polar surface area (TPSA) is 92.7 Å². The maximum Gasteiger partial charge on any atom is 0.340 e. The highest BCUT2D eigenvalue weighted by atomic mass is 19.3. The lowest BCUT2D eigenvalue weighted by molar-refractivity contribution is -0.184. The van der Waals surface area contributed by atoms with E-state index in [1.807, 2.05) is 0 Å². The third kappa shape index (κ3) is 5.30. The van der Waals surface area contributed by atoms with Crippen molar-refractivity contribution >= 4 is 23.5 Å². The van der Waals surface area contributed by atoms with Gasteiger partial charge in [-0.2, -0.15) is 8.78 Å². The molecule has 0 radical (unpaired) electrons. The maximum absolute atomic E-state index is 12.9. The monoisotopic (exact) mass is 403 g/mol. The Hall–Kier alpha value is -2.91. The number of hydrogen-bond donors (Lipinski definition) is 2. The maximum atomic E-state index is 12.9. The third-order valence-corrected chi connectivity index (χ3v) is 4.20. The number of hydrogen-bond acceptors (Lipinski definition) is 4. The molecule has 0 aliphatic heterocycles. The first kappa shape index (κ1) is 21.4. The van der Waals surface area contributed by atoms with Crippen molar-refractivity contribution < 1.29 is 41.8 Å². The van der Waals surface area contributed by atoms with Crippen LogP contribution in [0, 0.1) is 11.8 Å². The summed E-state index contributed by atoms with van der Waals surface area (Å²) in [6.07, 6.45) is -0.601. The van der Waals surface area contributed by atoms with E-state index in [9.17, 15) is 31.9 Å². The van der Waals surface area contributed by atoms with Crippen LogP contribution in [-0.2, 0) is 14.3 Å². The summed E-state index contributed by atoms with van der Waals surface area (Å²) in [5, 5.41) is 11.4. The predicted molar refractivity (Wildman–Crippen MR) is 89.3 cm³/mol. The Morgan fingerprint density at radius 1 is 1.11 bits per heavy atom. The molecule has 1 aliphatic rings. The Bertz CT molecular complexity index is 764. The zero-order valence-corrected chi connectivity index (χ0v) is 14.4. The molecule has 28 heavy (non-hydrogen) atoms. The van der Waals surface area contributed by atoms with E-state index < -0.39 is 48.6 Å². The van der Waals surface area contributed by atoms with Crippen molar-refractivity contribution in [1.29, 1.82) is 0 Å². The molecule has 0 spiro atoms. The van der Waals surface area contributed by atoms with Crippen LogP contribution < -0.4 is 5.32 Å². The number of allylic oxidation sites excluding steroid dienone is 2. The number of carboxylic acid groups (broad SMARTS) is 1. The van der Waals surface area contributed by atoms with E-state index in [1.165, 1.54) is 24.3 Å². The van der Waals surface area contributed by atoms with Gasteiger partial charge in [-0.15, -0.1) is 0 Å². The van der Waals surface area contributed by atoms with Crippen LogP contribution in [0.25, 0.3) is 0 Å². The minimum atomic E-state index is -4.47. The highest BCUT2D eigenvalue weighted by Crippen LogP contribution is 2.30. The van der Waals surface area contributed by atoms with Crippen LogP contribution in [0.15, 0.2) is 36.4 Å². The molecule has 152 valence electrons. The smallest absolute Gasteiger partial charge is 0.340 e. The van der Waals surface area contributed by atoms with Crippen molar-refractivity contribution in [3.63, 3.8) is 0 Å². The van der Waals surface area contributed by atoms with Crippen molar-refractivity contribution in [2.24, 2.45) is 11.8 Å². The first-order chi connectivity index (χ1) is 13.1. The molecule has 1 aliphatic carbocycles. The van der Waals surface area contributed by atoms with Crippen LogP contribution in [0.2, 0.25) is 0 Å². The number of nitrogens with one attached hydrogen (secondary N) is 1. The fourth-order valence-corrected chi connectivity index (χ4v) is 2.63. The largest absolute Gasteiger partial charge is 0.478 e. The standard InChI is InChI=1S/C18H17F4NO5/c19-17(20)18(21,22)9-28-16(27)13-4-2-1-3-12(13)14(24)23-11-7-5-10(6-8-11)15(25)26/h1-2,5-8,12-13,17H,3-4,9H2,(H,23,24)(H,25,26)/t12-,13-/m0/s1. The molecule has 1 aromatic rings. The molecule has 0 saturated carbocycles. The molecule has 2 rings (SSSR count). The summed E-state index contributed by atoms with van der Waals surface area (Å²) in [4.78, 5) is 35.4. The number of rotatable bonds is 7. The number of carbonyl (C=O) groups excluding carboxylic acids is 2. The van der Waals surface area contributed by atoms with Gasteiger partial charge in [0, 0.05) is 5.69 Å². The molecule has 0 heterocycles. The molecule has 1 aromatic carbocycles. The molecule has 10 heteroatoms. The Balaban J connectivity index is 2.03. The van der Waals surface area contributed by atoms with Crippen LogP contribution in [0.5, 0.6) is 0 Å². The lowest BCUT2D eigenvalue weighted by atomic mass is 9.82. The second kappa shape index (κ2) is 8.85. The molecule has 2 N–H and O–H groups in total. The first-order valence-electron chi connectivity index (χ1n) is 8.23. The van der Waals surface area contributed by atoms with Gasteiger partial charge in [-0.1, -0.05) is 12.2 Å². The summed E-state index contributed by atoms with van der Waals surface area (Å²) in [5.74, 6) is -9.42. The average Bonchev–Trinajstić information content (AvgIpc) is 2.66. The molecule has 2 atom stereocenters. The van der Waals surface area contributed by atoms with E-state index in [0.29, 0.717) is 0 Å². The van der Waals surface area contributed by atoms with Crippen LogP contribution in [0.3, 0.4) is 0 Å². The number of halogens is 4. The van der Waals surface area contributed by atoms with Crippen LogP contribution in [0.4, 0.5) is 23.2 Å². The number of alkyl halides is 4. The summed E-state index contributed by atoms with van der Waals surface area (Å²) in [6, 6.07) is 5.26. The molecular weight excluding hydrogens is 386 g/mol. The zero-order chi connectivity index (χ0) is 20.9. The second-order valence-electron chi connectivity index (χ2n) is 6.20. The fraction of sp³-hybridized carbons (Fsp3) is 0.389. The SMILES string of the molecule is O=C(O)c1ccc(NC(=O)[C@H]2CC=CC[C@@H]2C(=O)OCC(F)(F)C(F)F)cc1. The van der Waals surface area contributed by atoms with Crippen LogP contribution in [-0.4, -0.2) is 41.9 Å². The second-order valence-corrected chi connectivity index (χ2v) is 6.20. The van der Waals surface area contributed by atoms with Gasteiger partial charge in [0.2, 0.25) is 5.91 Å². The van der Waals surface area contributed by atoms with E-state index in [1.54, 1.807) is 12.2 Å². The highest BCUT2D eigenvalue weighted by molar-refractivity contribution is 5.96. The van der Waals surface area contributed by atoms with E-state index in [-0.39, 0.29) is 24.1 Å². The lowest BCUT2D eigenvalue weighted by Crippen LogP contribution is -2.39. The molecule has 0 fully saturated rings. The van der Waals surface area contributed by atoms with Crippen LogP contribution >= 0.6 is 0 Å². The molecule has 1 amide bonds. The third-order valence-electron chi connectivity index (χ3n) is 4.20. The van der Waals surface area contributed by atoms with Gasteiger partial charge in [0.1, 0.15) is 0 Å². The summed E-state index contributed by atoms with van der Waals surface area (Å²) >= 11 is 0. The minimum absolute atomic E-state index is 0.0139. The molecular formula is C18H17F4NO5. The number of carbonyl (C=O) groups is 3. The molecule has 0 saturated heterocycles. The quantitative estimate of drug-likeness (QED) is 0.414. The number of ether oxygens (including phenoxy) is 1. The molecule has 0 bridgehead atoms. The summed E-state index contributed by atoms with van der Waals surface area (Å²) in [5.41, 5.74) is 0.293. The van der Waals surface area contributed by atoms with Crippen molar-refractivity contribution in [3.8, 4) is 0 Å². The van der Waals surface area contributed by atoms with Gasteiger partial charge in [-0.3, -0.25) is 9.59 Å². The molecule has 6 nitrogen and oxygen atoms in total. The molecule has 0 aromatic heterocycles. The highest BCUT2D eigenvalue weighted by Gasteiger charge is 2.43. The first-order valence-corrected chi connectivity index (χ1v) is 8.23. The van der Waals surface area contributed by atoms with Gasteiger partial charge in [-0.05, 0) is 37.1 Å². The van der Waals surface area contributed by atoms with Crippen molar-refractivity contribution in [3.05, 3.63) is 42.0 Å². The van der Waals surface area contributed by atoms with Crippen molar-refractivity contribution in [2.45, 2.75) is 25.2 Å². The average molecular weight is 403 g/mol. The van der Waals surface area contributed by atoms with E-state index >= 15 is 0 Å². The summed E-state index contributed by atoms with van der Waals surface area (Å²) < 4.78 is 54.6. The van der Waals surface area contributed by atoms with Gasteiger partial charge in [-0.25, -0.2) is 13.6 Å². The Kier molecular flexibility index (Phi) is 6.76. The number of benzene rings is 1. The Labute approximate surface area is 157 Å². The minimum Gasteiger partial charge on any atom is -0.478 e. The molecule has 0 unspecified atom stereocenters. The zero-order valence-electron chi connectivity index (χ0n) is 14.4. The van der Waals surface area contributed by atoms with E-state index in [0.717, 1.165) is 0 Å². The lowest BCUT2D eigenvalue weighted by Gasteiger charge is -2.26. The Morgan fingerprint density at radius 2 is 1.68 bits per heavy atom. The number of aromatic carboxylic acids is 1. The number of anilines is 1. The van der Waals surface area contributed by atoms with E-state index in [4.69, 9.17) is 5.11 Å². The Morgan fingerprint density at radius 3 is 2.21 bits per heavy atom. The predicted octanol–water partition coefficient (Wildman–Crippen LogP) is 3.35. The van der Waals surface area contributed by atoms with Crippen LogP contribution in [0.1, 0.15) is 23.2 Å². The number of esters is 1. The van der Waals surface area contributed by atoms with Gasteiger partial charge in [0.25, 0.3) is 0 Å². The van der Waals surface area contributed by atoms with Crippen molar-refractivity contribution in [2.75, 3.05) is 11.9 Å². The van der Waals surface area contributed by atoms with E-state index in [2.05, 4.69) is 10.1 Å². The van der Waals surface area contributed by atoms with Gasteiger partial charge in [0.15, 0.2) is 6.61 Å². The number of carboxylic acids is 1. The van der Waals surface area contributed by atoms with Gasteiger partial charge >= 0.3 is 24.3 Å². The summed E-state index contributed by atoms with van der Waals surface area (Å²) in [6.45, 7) is -1.77. The normalized spacial score (nSPS) is 19.3. The summed E-state index contributed by atoms with van der Waals surface area (Å²) in [7, 11) is 0. The van der Waals surface area contributed by atoms with Crippen molar-refractivity contribution in [1.82, 2.24) is 0 Å². The van der Waals surface area contributed by atoms with Gasteiger partial charge in [0.05, 0.1) is 17.4 Å². The fourth-order valence-electron chi connectivity index (χ4n) is 2.63.